The lowest BCUT2D eigenvalue weighted by atomic mass is 9.82. The molecule has 0 fully saturated rings. The predicted octanol–water partition coefficient (Wildman–Crippen LogP) is 6.29. The maximum Gasteiger partial charge on any atom is 0.174 e. The quantitative estimate of drug-likeness (QED) is 0.336. The number of ether oxygens (including phenoxy) is 1. The van der Waals surface area contributed by atoms with Crippen molar-refractivity contribution in [3.05, 3.63) is 101 Å². The molecule has 2 aromatic heterocycles. The van der Waals surface area contributed by atoms with Gasteiger partial charge in [0.1, 0.15) is 5.75 Å². The van der Waals surface area contributed by atoms with Crippen LogP contribution in [0.5, 0.6) is 5.75 Å². The molecule has 0 unspecified atom stereocenters. The molecule has 154 valence electrons. The van der Waals surface area contributed by atoms with Gasteiger partial charge in [0.25, 0.3) is 0 Å². The van der Waals surface area contributed by atoms with Gasteiger partial charge in [0.05, 0.1) is 13.0 Å². The molecule has 2 N–H and O–H groups in total. The van der Waals surface area contributed by atoms with Gasteiger partial charge in [-0.3, -0.25) is 4.79 Å². The van der Waals surface area contributed by atoms with Crippen molar-refractivity contribution in [3.63, 3.8) is 0 Å². The molecule has 0 saturated carbocycles. The van der Waals surface area contributed by atoms with Crippen LogP contribution in [0, 0.1) is 13.8 Å². The van der Waals surface area contributed by atoms with Crippen LogP contribution in [0.15, 0.2) is 72.8 Å². The summed E-state index contributed by atoms with van der Waals surface area (Å²) in [5.41, 5.74) is 6.84. The fourth-order valence-corrected chi connectivity index (χ4v) is 4.67. The molecule has 0 amide bonds. The van der Waals surface area contributed by atoms with Crippen molar-refractivity contribution in [2.24, 2.45) is 0 Å². The second-order valence-electron chi connectivity index (χ2n) is 7.94. The van der Waals surface area contributed by atoms with Crippen molar-refractivity contribution in [1.82, 2.24) is 9.97 Å². The number of carbonyl (C=O) groups excluding carboxylic acids is 1. The summed E-state index contributed by atoms with van der Waals surface area (Å²) in [4.78, 5) is 21.0. The largest absolute Gasteiger partial charge is 0.497 e. The van der Waals surface area contributed by atoms with Gasteiger partial charge in [0.15, 0.2) is 5.78 Å². The summed E-state index contributed by atoms with van der Waals surface area (Å²) in [6.07, 6.45) is 0. The summed E-state index contributed by atoms with van der Waals surface area (Å²) in [6, 6.07) is 23.8. The van der Waals surface area contributed by atoms with Crippen LogP contribution in [0.2, 0.25) is 0 Å². The number of aromatic amines is 2. The average molecular weight is 409 g/mol. The van der Waals surface area contributed by atoms with Crippen LogP contribution >= 0.6 is 0 Å². The van der Waals surface area contributed by atoms with E-state index in [0.717, 1.165) is 50.1 Å². The molecule has 0 aliphatic heterocycles. The Balaban J connectivity index is 1.79. The number of aryl methyl sites for hydroxylation is 2. The number of hydrogen-bond donors (Lipinski definition) is 2. The van der Waals surface area contributed by atoms with Gasteiger partial charge in [-0.25, -0.2) is 0 Å². The molecule has 0 spiro atoms. The Labute approximate surface area is 180 Å². The van der Waals surface area contributed by atoms with Crippen molar-refractivity contribution in [1.29, 1.82) is 0 Å². The first-order chi connectivity index (χ1) is 15.1. The van der Waals surface area contributed by atoms with Gasteiger partial charge in [-0.15, -0.1) is 0 Å². The van der Waals surface area contributed by atoms with Gasteiger partial charge in [0.2, 0.25) is 0 Å². The zero-order chi connectivity index (χ0) is 21.5. The van der Waals surface area contributed by atoms with Crippen molar-refractivity contribution in [2.75, 3.05) is 7.11 Å². The number of benzene rings is 3. The molecule has 4 heteroatoms. The summed E-state index contributed by atoms with van der Waals surface area (Å²) in [5.74, 6) is 0.378. The fraction of sp³-hybridized carbons (Fsp3) is 0.148. The number of para-hydroxylation sites is 2. The van der Waals surface area contributed by atoms with Crippen LogP contribution in [-0.4, -0.2) is 22.9 Å². The third-order valence-electron chi connectivity index (χ3n) is 6.10. The van der Waals surface area contributed by atoms with Crippen LogP contribution in [0.25, 0.3) is 21.8 Å². The first-order valence-electron chi connectivity index (χ1n) is 10.4. The van der Waals surface area contributed by atoms with Crippen LogP contribution in [0.3, 0.4) is 0 Å². The van der Waals surface area contributed by atoms with Gasteiger partial charge in [0, 0.05) is 38.8 Å². The summed E-state index contributed by atoms with van der Waals surface area (Å²) < 4.78 is 5.29. The Hall–Kier alpha value is -3.79. The average Bonchev–Trinajstić information content (AvgIpc) is 3.30. The van der Waals surface area contributed by atoms with Crippen molar-refractivity contribution in [3.8, 4) is 5.75 Å². The molecule has 0 radical (unpaired) electrons. The number of Topliss-reactive ketones (excluding diaryl/α,β-unsaturated/α-hetero) is 1. The molecule has 0 bridgehead atoms. The Morgan fingerprint density at radius 3 is 1.71 bits per heavy atom. The van der Waals surface area contributed by atoms with Gasteiger partial charge < -0.3 is 14.7 Å². The second kappa shape index (κ2) is 7.47. The Bertz CT molecular complexity index is 1330. The number of rotatable bonds is 5. The van der Waals surface area contributed by atoms with E-state index in [1.54, 1.807) is 7.11 Å². The lowest BCUT2D eigenvalue weighted by Gasteiger charge is -2.19. The highest BCUT2D eigenvalue weighted by Gasteiger charge is 2.31. The van der Waals surface area contributed by atoms with E-state index >= 15 is 0 Å². The molecule has 3 aromatic carbocycles. The van der Waals surface area contributed by atoms with E-state index in [4.69, 9.17) is 4.74 Å². The number of aromatic nitrogens is 2. The van der Waals surface area contributed by atoms with E-state index in [9.17, 15) is 4.79 Å². The molecular weight excluding hydrogens is 384 g/mol. The number of carbonyl (C=O) groups is 1. The molecule has 5 rings (SSSR count). The Morgan fingerprint density at radius 1 is 0.742 bits per heavy atom. The number of hydrogen-bond acceptors (Lipinski definition) is 2. The number of methoxy groups -OCH3 is 1. The van der Waals surface area contributed by atoms with Crippen LogP contribution in [-0.2, 0) is 0 Å². The van der Waals surface area contributed by atoms with E-state index < -0.39 is 5.92 Å². The molecule has 0 saturated heterocycles. The van der Waals surface area contributed by atoms with Gasteiger partial charge in [-0.05, 0) is 61.4 Å². The smallest absolute Gasteiger partial charge is 0.174 e. The van der Waals surface area contributed by atoms with E-state index in [1.165, 1.54) is 0 Å². The monoisotopic (exact) mass is 408 g/mol. The summed E-state index contributed by atoms with van der Waals surface area (Å²) >= 11 is 0. The Kier molecular flexibility index (Phi) is 4.63. The molecular formula is C27H24N2O2. The molecule has 31 heavy (non-hydrogen) atoms. The van der Waals surface area contributed by atoms with E-state index in [2.05, 4.69) is 34.2 Å². The highest BCUT2D eigenvalue weighted by molar-refractivity contribution is 6.08. The minimum Gasteiger partial charge on any atom is -0.497 e. The van der Waals surface area contributed by atoms with Gasteiger partial charge in [-0.2, -0.15) is 0 Å². The van der Waals surface area contributed by atoms with Gasteiger partial charge >= 0.3 is 0 Å². The zero-order valence-electron chi connectivity index (χ0n) is 17.8. The third kappa shape index (κ3) is 3.12. The minimum atomic E-state index is -0.430. The minimum absolute atomic E-state index is 0.0726. The van der Waals surface area contributed by atoms with E-state index in [0.29, 0.717) is 5.56 Å². The molecule has 0 aliphatic carbocycles. The summed E-state index contributed by atoms with van der Waals surface area (Å²) in [5, 5.41) is 2.16. The lowest BCUT2D eigenvalue weighted by molar-refractivity contribution is 0.0974. The Morgan fingerprint density at radius 2 is 1.23 bits per heavy atom. The first-order valence-corrected chi connectivity index (χ1v) is 10.4. The second-order valence-corrected chi connectivity index (χ2v) is 7.94. The van der Waals surface area contributed by atoms with Crippen molar-refractivity contribution >= 4 is 27.6 Å². The van der Waals surface area contributed by atoms with Crippen LogP contribution < -0.4 is 4.74 Å². The SMILES string of the molecule is COc1ccc(C(=O)C(c2c(C)[nH]c3ccccc23)c2c(C)[nH]c3ccccc23)cc1. The van der Waals surface area contributed by atoms with E-state index in [-0.39, 0.29) is 5.78 Å². The fourth-order valence-electron chi connectivity index (χ4n) is 4.67. The summed E-state index contributed by atoms with van der Waals surface area (Å²) in [7, 11) is 1.63. The topological polar surface area (TPSA) is 57.9 Å². The zero-order valence-corrected chi connectivity index (χ0v) is 17.8. The molecule has 5 aromatic rings. The number of H-pyrrole nitrogens is 2. The maximum atomic E-state index is 14.1. The third-order valence-corrected chi connectivity index (χ3v) is 6.10. The number of nitrogens with one attached hydrogen (secondary N) is 2. The molecule has 4 nitrogen and oxygen atoms in total. The standard InChI is InChI=1S/C27H24N2O2/c1-16-24(20-8-4-6-10-22(20)28-16)26(27(30)18-12-14-19(31-3)15-13-18)25-17(2)29-23-11-7-5-9-21(23)25/h4-15,26,28-29H,1-3H3. The van der Waals surface area contributed by atoms with Gasteiger partial charge in [-0.1, -0.05) is 36.4 Å². The summed E-state index contributed by atoms with van der Waals surface area (Å²) in [6.45, 7) is 4.10. The molecule has 2 heterocycles. The van der Waals surface area contributed by atoms with Crippen molar-refractivity contribution in [2.45, 2.75) is 19.8 Å². The number of ketones is 1. The first kappa shape index (κ1) is 19.2. The lowest BCUT2D eigenvalue weighted by Crippen LogP contribution is -2.16. The van der Waals surface area contributed by atoms with Crippen LogP contribution in [0.4, 0.5) is 0 Å². The van der Waals surface area contributed by atoms with Crippen LogP contribution in [0.1, 0.15) is 38.8 Å². The highest BCUT2D eigenvalue weighted by Crippen LogP contribution is 2.40. The molecule has 0 aliphatic rings. The normalized spacial score (nSPS) is 11.5. The predicted molar refractivity (Wildman–Crippen MR) is 125 cm³/mol. The highest BCUT2D eigenvalue weighted by atomic mass is 16.5. The maximum absolute atomic E-state index is 14.1. The van der Waals surface area contributed by atoms with E-state index in [1.807, 2.05) is 62.4 Å². The number of fused-ring (bicyclic) bond motifs is 2. The molecule has 0 atom stereocenters. The van der Waals surface area contributed by atoms with Crippen molar-refractivity contribution < 1.29 is 9.53 Å².